The molecule has 8 heteroatoms. The van der Waals surface area contributed by atoms with Crippen molar-refractivity contribution in [2.45, 2.75) is 6.54 Å². The molecule has 8 nitrogen and oxygen atoms in total. The maximum atomic E-state index is 12.7. The number of carbonyl (C=O) groups excluding carboxylic acids is 2. The lowest BCUT2D eigenvalue weighted by Crippen LogP contribution is -2.51. The van der Waals surface area contributed by atoms with E-state index in [0.29, 0.717) is 37.5 Å². The van der Waals surface area contributed by atoms with E-state index in [4.69, 9.17) is 4.74 Å². The number of piperazine rings is 1. The normalized spacial score (nSPS) is 14.3. The summed E-state index contributed by atoms with van der Waals surface area (Å²) in [6, 6.07) is 14.7. The third-order valence-corrected chi connectivity index (χ3v) is 4.94. The van der Waals surface area contributed by atoms with Crippen LogP contribution in [-0.2, 0) is 11.3 Å². The predicted molar refractivity (Wildman–Crippen MR) is 103 cm³/mol. The van der Waals surface area contributed by atoms with E-state index in [-0.39, 0.29) is 18.4 Å². The van der Waals surface area contributed by atoms with Crippen molar-refractivity contribution in [3.63, 3.8) is 0 Å². The maximum absolute atomic E-state index is 12.7. The molecule has 1 saturated heterocycles. The molecular weight excluding hydrogens is 358 g/mol. The summed E-state index contributed by atoms with van der Waals surface area (Å²) in [5.41, 5.74) is 2.19. The zero-order valence-electron chi connectivity index (χ0n) is 15.6. The monoisotopic (exact) mass is 379 g/mol. The summed E-state index contributed by atoms with van der Waals surface area (Å²) < 4.78 is 6.80. The fourth-order valence-corrected chi connectivity index (χ4v) is 3.36. The molecule has 0 bridgehead atoms. The van der Waals surface area contributed by atoms with Crippen molar-refractivity contribution in [1.82, 2.24) is 24.8 Å². The zero-order valence-corrected chi connectivity index (χ0v) is 15.6. The van der Waals surface area contributed by atoms with Gasteiger partial charge in [-0.05, 0) is 30.3 Å². The number of ether oxygens (including phenoxy) is 1. The Bertz CT molecular complexity index is 1010. The molecule has 1 fully saturated rings. The first-order valence-electron chi connectivity index (χ1n) is 9.15. The van der Waals surface area contributed by atoms with Gasteiger partial charge in [0.25, 0.3) is 5.91 Å². The fraction of sp³-hybridized carbons (Fsp3) is 0.300. The van der Waals surface area contributed by atoms with Gasteiger partial charge in [-0.3, -0.25) is 9.59 Å². The van der Waals surface area contributed by atoms with Crippen LogP contribution in [0.3, 0.4) is 0 Å². The molecule has 3 aromatic rings. The largest absolute Gasteiger partial charge is 0.497 e. The Morgan fingerprint density at radius 3 is 2.54 bits per heavy atom. The molecular formula is C20H21N5O3. The number of amides is 2. The van der Waals surface area contributed by atoms with Gasteiger partial charge in [0.2, 0.25) is 5.91 Å². The number of rotatable bonds is 4. The summed E-state index contributed by atoms with van der Waals surface area (Å²) in [6.07, 6.45) is 0. The van der Waals surface area contributed by atoms with E-state index in [2.05, 4.69) is 10.3 Å². The highest BCUT2D eigenvalue weighted by atomic mass is 16.5. The molecule has 0 spiro atoms. The number of aromatic nitrogens is 3. The van der Waals surface area contributed by atoms with Crippen LogP contribution in [-0.4, -0.2) is 69.9 Å². The Labute approximate surface area is 162 Å². The summed E-state index contributed by atoms with van der Waals surface area (Å²) in [6.45, 7) is 2.15. The van der Waals surface area contributed by atoms with Crippen LogP contribution in [0.4, 0.5) is 0 Å². The molecule has 0 unspecified atom stereocenters. The lowest BCUT2D eigenvalue weighted by molar-refractivity contribution is -0.133. The summed E-state index contributed by atoms with van der Waals surface area (Å²) >= 11 is 0. The number of fused-ring (bicyclic) bond motifs is 1. The topological polar surface area (TPSA) is 80.6 Å². The number of para-hydroxylation sites is 1. The van der Waals surface area contributed by atoms with Gasteiger partial charge in [0.15, 0.2) is 0 Å². The van der Waals surface area contributed by atoms with E-state index in [1.54, 1.807) is 45.9 Å². The fourth-order valence-electron chi connectivity index (χ4n) is 3.36. The van der Waals surface area contributed by atoms with E-state index in [1.165, 1.54) is 0 Å². The second kappa shape index (κ2) is 7.67. The molecule has 0 atom stereocenters. The first kappa shape index (κ1) is 18.0. The summed E-state index contributed by atoms with van der Waals surface area (Å²) in [5, 5.41) is 8.15. The molecule has 2 heterocycles. The SMILES string of the molecule is COc1cccc(C(=O)N2CCN(C(=O)Cn3nnc4ccccc43)CC2)c1. The van der Waals surface area contributed by atoms with E-state index in [0.717, 1.165) is 11.0 Å². The zero-order chi connectivity index (χ0) is 19.5. The minimum Gasteiger partial charge on any atom is -0.497 e. The average molecular weight is 379 g/mol. The van der Waals surface area contributed by atoms with Crippen LogP contribution in [0.25, 0.3) is 11.0 Å². The second-order valence-electron chi connectivity index (χ2n) is 6.64. The Morgan fingerprint density at radius 2 is 1.75 bits per heavy atom. The number of nitrogens with zero attached hydrogens (tertiary/aromatic N) is 5. The van der Waals surface area contributed by atoms with Crippen molar-refractivity contribution >= 4 is 22.8 Å². The number of methoxy groups -OCH3 is 1. The molecule has 0 N–H and O–H groups in total. The summed E-state index contributed by atoms with van der Waals surface area (Å²) in [5.74, 6) is 0.581. The van der Waals surface area contributed by atoms with Crippen molar-refractivity contribution in [2.24, 2.45) is 0 Å². The van der Waals surface area contributed by atoms with Gasteiger partial charge in [0, 0.05) is 31.7 Å². The molecule has 0 saturated carbocycles. The van der Waals surface area contributed by atoms with Crippen LogP contribution < -0.4 is 4.74 Å². The predicted octanol–water partition coefficient (Wildman–Crippen LogP) is 1.42. The third-order valence-electron chi connectivity index (χ3n) is 4.94. The van der Waals surface area contributed by atoms with Gasteiger partial charge in [-0.25, -0.2) is 4.68 Å². The van der Waals surface area contributed by atoms with Gasteiger partial charge >= 0.3 is 0 Å². The third kappa shape index (κ3) is 3.53. The minimum atomic E-state index is -0.0479. The number of carbonyl (C=O) groups is 2. The highest BCUT2D eigenvalue weighted by molar-refractivity contribution is 5.94. The Morgan fingerprint density at radius 1 is 1.00 bits per heavy atom. The minimum absolute atomic E-state index is 0.0240. The Kier molecular flexibility index (Phi) is 4.92. The number of hydrogen-bond donors (Lipinski definition) is 0. The van der Waals surface area contributed by atoms with E-state index >= 15 is 0 Å². The summed E-state index contributed by atoms with van der Waals surface area (Å²) in [7, 11) is 1.58. The molecule has 2 aromatic carbocycles. The molecule has 4 rings (SSSR count). The number of hydrogen-bond acceptors (Lipinski definition) is 5. The van der Waals surface area contributed by atoms with Gasteiger partial charge in [-0.15, -0.1) is 5.10 Å². The van der Waals surface area contributed by atoms with Gasteiger partial charge < -0.3 is 14.5 Å². The molecule has 0 radical (unpaired) electrons. The van der Waals surface area contributed by atoms with Crippen LogP contribution >= 0.6 is 0 Å². The van der Waals surface area contributed by atoms with Crippen molar-refractivity contribution in [2.75, 3.05) is 33.3 Å². The number of benzene rings is 2. The average Bonchev–Trinajstić information content (AvgIpc) is 3.16. The van der Waals surface area contributed by atoms with Crippen molar-refractivity contribution in [3.05, 3.63) is 54.1 Å². The van der Waals surface area contributed by atoms with Crippen LogP contribution in [0, 0.1) is 0 Å². The Hall–Kier alpha value is -3.42. The van der Waals surface area contributed by atoms with Gasteiger partial charge in [0.1, 0.15) is 17.8 Å². The van der Waals surface area contributed by atoms with Crippen LogP contribution in [0.5, 0.6) is 5.75 Å². The van der Waals surface area contributed by atoms with E-state index in [1.807, 2.05) is 24.3 Å². The van der Waals surface area contributed by atoms with Gasteiger partial charge in [-0.2, -0.15) is 0 Å². The van der Waals surface area contributed by atoms with Crippen molar-refractivity contribution in [1.29, 1.82) is 0 Å². The van der Waals surface area contributed by atoms with Gasteiger partial charge in [0.05, 0.1) is 12.6 Å². The first-order valence-corrected chi connectivity index (χ1v) is 9.15. The first-order chi connectivity index (χ1) is 13.7. The lowest BCUT2D eigenvalue weighted by atomic mass is 10.1. The highest BCUT2D eigenvalue weighted by Crippen LogP contribution is 2.16. The molecule has 28 heavy (non-hydrogen) atoms. The van der Waals surface area contributed by atoms with E-state index < -0.39 is 0 Å². The molecule has 144 valence electrons. The molecule has 2 amide bonds. The highest BCUT2D eigenvalue weighted by Gasteiger charge is 2.25. The standard InChI is InChI=1S/C20H21N5O3/c1-28-16-6-4-5-15(13-16)20(27)24-11-9-23(10-12-24)19(26)14-25-18-8-3-2-7-17(18)21-22-25/h2-8,13H,9-12,14H2,1H3. The summed E-state index contributed by atoms with van der Waals surface area (Å²) in [4.78, 5) is 28.9. The second-order valence-corrected chi connectivity index (χ2v) is 6.64. The lowest BCUT2D eigenvalue weighted by Gasteiger charge is -2.34. The quantitative estimate of drug-likeness (QED) is 0.685. The smallest absolute Gasteiger partial charge is 0.254 e. The van der Waals surface area contributed by atoms with Crippen molar-refractivity contribution in [3.8, 4) is 5.75 Å². The molecule has 1 aromatic heterocycles. The molecule has 0 aliphatic carbocycles. The van der Waals surface area contributed by atoms with Crippen LogP contribution in [0.1, 0.15) is 10.4 Å². The van der Waals surface area contributed by atoms with E-state index in [9.17, 15) is 9.59 Å². The molecule has 1 aliphatic rings. The Balaban J connectivity index is 1.37. The van der Waals surface area contributed by atoms with Gasteiger partial charge in [-0.1, -0.05) is 23.4 Å². The van der Waals surface area contributed by atoms with Crippen molar-refractivity contribution < 1.29 is 14.3 Å². The molecule has 1 aliphatic heterocycles. The maximum Gasteiger partial charge on any atom is 0.254 e. The van der Waals surface area contributed by atoms with Crippen LogP contribution in [0.2, 0.25) is 0 Å². The van der Waals surface area contributed by atoms with Crippen LogP contribution in [0.15, 0.2) is 48.5 Å².